The molecule has 1 heterocycles. The van der Waals surface area contributed by atoms with Gasteiger partial charge >= 0.3 is 5.90 Å². The predicted molar refractivity (Wildman–Crippen MR) is 54.1 cm³/mol. The summed E-state index contributed by atoms with van der Waals surface area (Å²) < 4.78 is 1.77. The van der Waals surface area contributed by atoms with Crippen LogP contribution in [0.25, 0.3) is 0 Å². The molecule has 0 unspecified atom stereocenters. The van der Waals surface area contributed by atoms with Crippen molar-refractivity contribution in [3.05, 3.63) is 0 Å². The van der Waals surface area contributed by atoms with Crippen molar-refractivity contribution in [2.45, 2.75) is 26.7 Å². The van der Waals surface area contributed by atoms with E-state index in [1.807, 2.05) is 27.9 Å². The Balaban J connectivity index is 2.80. The van der Waals surface area contributed by atoms with Crippen molar-refractivity contribution in [1.29, 1.82) is 0 Å². The summed E-state index contributed by atoms with van der Waals surface area (Å²) in [6.45, 7) is 3.89. The summed E-state index contributed by atoms with van der Waals surface area (Å²) in [6.07, 6.45) is 0.495. The number of hydrogen-bond donors (Lipinski definition) is 0. The number of imide groups is 1. The minimum absolute atomic E-state index is 0.126. The SMILES string of the molecule is CC(C)C(ON1C(=O)CCC1=O)=[N+](C)C. The van der Waals surface area contributed by atoms with Gasteiger partial charge in [-0.3, -0.25) is 9.59 Å². The van der Waals surface area contributed by atoms with E-state index in [1.165, 1.54) is 0 Å². The second-order valence-corrected chi connectivity index (χ2v) is 4.06. The standard InChI is InChI=1S/C10H17N2O3/c1-7(2)10(11(3)4)15-12-8(13)5-6-9(12)14/h7H,5-6H2,1-4H3/q+1. The van der Waals surface area contributed by atoms with Gasteiger partial charge in [-0.25, -0.2) is 4.58 Å². The summed E-state index contributed by atoms with van der Waals surface area (Å²) in [5, 5.41) is 0.870. The van der Waals surface area contributed by atoms with E-state index >= 15 is 0 Å². The third kappa shape index (κ3) is 2.55. The molecule has 0 N–H and O–H groups in total. The van der Waals surface area contributed by atoms with Gasteiger partial charge in [0, 0.05) is 12.8 Å². The Hall–Kier alpha value is -1.39. The number of carbonyl (C=O) groups excluding carboxylic acids is 2. The molecule has 1 fully saturated rings. The van der Waals surface area contributed by atoms with E-state index in [0.29, 0.717) is 5.90 Å². The summed E-state index contributed by atoms with van der Waals surface area (Å²) in [7, 11) is 3.64. The first-order valence-corrected chi connectivity index (χ1v) is 5.01. The molecule has 0 aromatic heterocycles. The maximum absolute atomic E-state index is 11.3. The molecule has 0 spiro atoms. The molecule has 0 radical (unpaired) electrons. The normalized spacial score (nSPS) is 16.2. The lowest BCUT2D eigenvalue weighted by Gasteiger charge is -2.15. The van der Waals surface area contributed by atoms with Crippen molar-refractivity contribution in [3.8, 4) is 0 Å². The number of hydroxylamine groups is 2. The second-order valence-electron chi connectivity index (χ2n) is 4.06. The number of carbonyl (C=O) groups is 2. The van der Waals surface area contributed by atoms with Crippen molar-refractivity contribution in [2.24, 2.45) is 5.92 Å². The van der Waals surface area contributed by atoms with Gasteiger partial charge in [-0.2, -0.15) is 0 Å². The molecule has 84 valence electrons. The molecule has 1 aliphatic rings. The lowest BCUT2D eigenvalue weighted by molar-refractivity contribution is -0.481. The fourth-order valence-corrected chi connectivity index (χ4v) is 1.45. The first-order chi connectivity index (χ1) is 6.93. The van der Waals surface area contributed by atoms with Crippen molar-refractivity contribution < 1.29 is 19.0 Å². The fraction of sp³-hybridized carbons (Fsp3) is 0.700. The molecule has 5 nitrogen and oxygen atoms in total. The van der Waals surface area contributed by atoms with Gasteiger partial charge in [0.2, 0.25) is 0 Å². The Morgan fingerprint density at radius 3 is 2.07 bits per heavy atom. The van der Waals surface area contributed by atoms with E-state index in [1.54, 1.807) is 4.58 Å². The monoisotopic (exact) mass is 213 g/mol. The second kappa shape index (κ2) is 4.42. The van der Waals surface area contributed by atoms with Crippen LogP contribution in [0.4, 0.5) is 0 Å². The van der Waals surface area contributed by atoms with Crippen LogP contribution in [0.3, 0.4) is 0 Å². The van der Waals surface area contributed by atoms with Crippen LogP contribution in [-0.2, 0) is 14.4 Å². The largest absolute Gasteiger partial charge is 0.364 e. The van der Waals surface area contributed by atoms with Crippen LogP contribution in [0.5, 0.6) is 0 Å². The molecule has 2 amide bonds. The van der Waals surface area contributed by atoms with Gasteiger partial charge in [0.25, 0.3) is 11.8 Å². The fourth-order valence-electron chi connectivity index (χ4n) is 1.45. The average molecular weight is 213 g/mol. The van der Waals surface area contributed by atoms with Crippen LogP contribution in [0.15, 0.2) is 0 Å². The first-order valence-electron chi connectivity index (χ1n) is 5.01. The number of nitrogens with zero attached hydrogens (tertiary/aromatic N) is 2. The average Bonchev–Trinajstić information content (AvgIpc) is 2.42. The molecule has 0 aliphatic carbocycles. The van der Waals surface area contributed by atoms with Gasteiger partial charge in [-0.15, -0.1) is 5.06 Å². The molecule has 0 aromatic rings. The summed E-state index contributed by atoms with van der Waals surface area (Å²) in [6, 6.07) is 0. The predicted octanol–water partition coefficient (Wildman–Crippen LogP) is 0.394. The molecule has 0 bridgehead atoms. The molecule has 0 saturated carbocycles. The lowest BCUT2D eigenvalue weighted by Crippen LogP contribution is -2.36. The quantitative estimate of drug-likeness (QED) is 0.288. The van der Waals surface area contributed by atoms with E-state index in [9.17, 15) is 9.59 Å². The summed E-state index contributed by atoms with van der Waals surface area (Å²) >= 11 is 0. The molecule has 5 heteroatoms. The highest BCUT2D eigenvalue weighted by Gasteiger charge is 2.34. The zero-order valence-corrected chi connectivity index (χ0v) is 9.61. The van der Waals surface area contributed by atoms with Gasteiger partial charge in [0.05, 0.1) is 5.92 Å². The van der Waals surface area contributed by atoms with Crippen LogP contribution in [0, 0.1) is 5.92 Å². The zero-order chi connectivity index (χ0) is 11.6. The highest BCUT2D eigenvalue weighted by Crippen LogP contribution is 2.13. The Kier molecular flexibility index (Phi) is 3.44. The zero-order valence-electron chi connectivity index (χ0n) is 9.61. The Morgan fingerprint density at radius 1 is 1.27 bits per heavy atom. The van der Waals surface area contributed by atoms with Crippen molar-refractivity contribution in [2.75, 3.05) is 14.1 Å². The van der Waals surface area contributed by atoms with Gasteiger partial charge in [-0.1, -0.05) is 0 Å². The van der Waals surface area contributed by atoms with E-state index in [2.05, 4.69) is 0 Å². The Morgan fingerprint density at radius 2 is 1.73 bits per heavy atom. The van der Waals surface area contributed by atoms with Gasteiger partial charge in [0.1, 0.15) is 14.1 Å². The van der Waals surface area contributed by atoms with Crippen LogP contribution < -0.4 is 0 Å². The van der Waals surface area contributed by atoms with Crippen LogP contribution >= 0.6 is 0 Å². The van der Waals surface area contributed by atoms with Crippen LogP contribution in [0.2, 0.25) is 0 Å². The van der Waals surface area contributed by atoms with E-state index in [-0.39, 0.29) is 30.6 Å². The highest BCUT2D eigenvalue weighted by atomic mass is 16.7. The molecular formula is C10H17N2O3+. The molecule has 1 rings (SSSR count). The molecular weight excluding hydrogens is 196 g/mol. The molecule has 15 heavy (non-hydrogen) atoms. The third-order valence-electron chi connectivity index (χ3n) is 2.13. The Bertz CT molecular complexity index is 301. The molecule has 0 aromatic carbocycles. The van der Waals surface area contributed by atoms with Crippen LogP contribution in [-0.4, -0.2) is 41.4 Å². The number of amides is 2. The van der Waals surface area contributed by atoms with Crippen molar-refractivity contribution >= 4 is 17.7 Å². The van der Waals surface area contributed by atoms with Gasteiger partial charge in [-0.05, 0) is 13.8 Å². The van der Waals surface area contributed by atoms with Gasteiger partial charge in [0.15, 0.2) is 0 Å². The highest BCUT2D eigenvalue weighted by molar-refractivity contribution is 6.01. The van der Waals surface area contributed by atoms with E-state index in [0.717, 1.165) is 5.06 Å². The maximum atomic E-state index is 11.3. The number of hydrogen-bond acceptors (Lipinski definition) is 3. The smallest absolute Gasteiger partial charge is 0.310 e. The maximum Gasteiger partial charge on any atom is 0.364 e. The third-order valence-corrected chi connectivity index (χ3v) is 2.13. The Labute approximate surface area is 89.3 Å². The molecule has 1 saturated heterocycles. The first kappa shape index (κ1) is 11.7. The van der Waals surface area contributed by atoms with E-state index in [4.69, 9.17) is 4.84 Å². The van der Waals surface area contributed by atoms with Crippen LogP contribution in [0.1, 0.15) is 26.7 Å². The summed E-state index contributed by atoms with van der Waals surface area (Å²) in [5.74, 6) is 0.208. The summed E-state index contributed by atoms with van der Waals surface area (Å²) in [4.78, 5) is 28.0. The molecule has 1 aliphatic heterocycles. The van der Waals surface area contributed by atoms with Crippen molar-refractivity contribution in [3.63, 3.8) is 0 Å². The topological polar surface area (TPSA) is 49.6 Å². The van der Waals surface area contributed by atoms with E-state index < -0.39 is 0 Å². The van der Waals surface area contributed by atoms with Gasteiger partial charge < -0.3 is 4.84 Å². The minimum atomic E-state index is -0.264. The summed E-state index contributed by atoms with van der Waals surface area (Å²) in [5.41, 5.74) is 0. The molecule has 0 atom stereocenters. The number of rotatable bonds is 2. The lowest BCUT2D eigenvalue weighted by atomic mass is 10.2. The van der Waals surface area contributed by atoms with Crippen molar-refractivity contribution in [1.82, 2.24) is 5.06 Å². The minimum Gasteiger partial charge on any atom is -0.310 e.